The highest BCUT2D eigenvalue weighted by Gasteiger charge is 2.45. The molecule has 0 saturated heterocycles. The van der Waals surface area contributed by atoms with Gasteiger partial charge < -0.3 is 10.1 Å². The Morgan fingerprint density at radius 3 is 2.59 bits per heavy atom. The Hall–Kier alpha value is -1.16. The molecule has 92 valence electrons. The summed E-state index contributed by atoms with van der Waals surface area (Å²) in [6, 6.07) is 0.575. The fourth-order valence-electron chi connectivity index (χ4n) is 2.50. The van der Waals surface area contributed by atoms with Crippen LogP contribution >= 0.6 is 0 Å². The lowest BCUT2D eigenvalue weighted by Crippen LogP contribution is -2.22. The van der Waals surface area contributed by atoms with Crippen LogP contribution in [0.15, 0.2) is 6.20 Å². The van der Waals surface area contributed by atoms with Crippen molar-refractivity contribution in [3.05, 3.63) is 17.5 Å². The Morgan fingerprint density at radius 2 is 1.94 bits per heavy atom. The molecule has 0 spiro atoms. The summed E-state index contributed by atoms with van der Waals surface area (Å²) in [5.41, 5.74) is 1.49. The molecule has 4 heteroatoms. The summed E-state index contributed by atoms with van der Waals surface area (Å²) >= 11 is 0. The Labute approximate surface area is 102 Å². The van der Waals surface area contributed by atoms with Crippen LogP contribution in [0.2, 0.25) is 0 Å². The van der Waals surface area contributed by atoms with Gasteiger partial charge in [0, 0.05) is 17.8 Å². The normalized spacial score (nSPS) is 24.5. The minimum Gasteiger partial charge on any atom is -0.359 e. The number of rotatable bonds is 2. The lowest BCUT2D eigenvalue weighted by molar-refractivity contribution is -0.106. The van der Waals surface area contributed by atoms with Crippen molar-refractivity contribution in [3.8, 4) is 0 Å². The molecule has 0 bridgehead atoms. The largest absolute Gasteiger partial charge is 0.359 e. The molecule has 2 aliphatic rings. The fourth-order valence-corrected chi connectivity index (χ4v) is 2.50. The molecule has 1 fully saturated rings. The summed E-state index contributed by atoms with van der Waals surface area (Å²) in [6.07, 6.45) is 4.36. The highest BCUT2D eigenvalue weighted by Crippen LogP contribution is 2.45. The average molecular weight is 233 g/mol. The van der Waals surface area contributed by atoms with Crippen LogP contribution in [0.3, 0.4) is 0 Å². The van der Waals surface area contributed by atoms with Gasteiger partial charge in [0.15, 0.2) is 0 Å². The molecule has 1 aliphatic heterocycles. The first kappa shape index (κ1) is 11.0. The quantitative estimate of drug-likeness (QED) is 0.852. The molecule has 1 saturated carbocycles. The number of anilines is 1. The third kappa shape index (κ3) is 1.80. The molecule has 0 radical (unpaired) electrons. The molecule has 1 aromatic heterocycles. The average Bonchev–Trinajstić information content (AvgIpc) is 2.96. The summed E-state index contributed by atoms with van der Waals surface area (Å²) in [7, 11) is 0. The van der Waals surface area contributed by atoms with Crippen molar-refractivity contribution in [1.29, 1.82) is 0 Å². The summed E-state index contributed by atoms with van der Waals surface area (Å²) in [5.74, 6) is 0.737. The van der Waals surface area contributed by atoms with E-state index in [1.54, 1.807) is 0 Å². The number of nitrogens with one attached hydrogen (secondary N) is 1. The number of fused-ring (bicyclic) bond motifs is 1. The van der Waals surface area contributed by atoms with Crippen molar-refractivity contribution in [2.45, 2.75) is 57.8 Å². The van der Waals surface area contributed by atoms with Crippen LogP contribution in [0.1, 0.15) is 51.8 Å². The van der Waals surface area contributed by atoms with Crippen molar-refractivity contribution in [2.75, 3.05) is 5.32 Å². The van der Waals surface area contributed by atoms with E-state index in [1.165, 1.54) is 12.8 Å². The third-order valence-electron chi connectivity index (χ3n) is 3.43. The molecule has 1 aromatic rings. The Balaban J connectivity index is 2.01. The number of hydrogen-bond donors (Lipinski definition) is 1. The number of nitrogens with zero attached hydrogens (tertiary/aromatic N) is 2. The zero-order valence-electron chi connectivity index (χ0n) is 10.9. The molecule has 0 aromatic carbocycles. The minimum atomic E-state index is -0.332. The maximum Gasteiger partial charge on any atom is 0.223 e. The van der Waals surface area contributed by atoms with Gasteiger partial charge in [-0.3, -0.25) is 0 Å². The van der Waals surface area contributed by atoms with Crippen LogP contribution in [-0.2, 0) is 15.9 Å². The van der Waals surface area contributed by atoms with Gasteiger partial charge in [-0.1, -0.05) is 0 Å². The van der Waals surface area contributed by atoms with Gasteiger partial charge in [-0.05, 0) is 40.5 Å². The molecular weight excluding hydrogens is 214 g/mol. The summed E-state index contributed by atoms with van der Waals surface area (Å²) in [6.45, 7) is 8.26. The predicted octanol–water partition coefficient (Wildman–Crippen LogP) is 2.55. The Kier molecular flexibility index (Phi) is 2.06. The first-order valence-electron chi connectivity index (χ1n) is 6.23. The first-order chi connectivity index (χ1) is 7.88. The molecule has 1 N–H and O–H groups in total. The van der Waals surface area contributed by atoms with Gasteiger partial charge in [0.1, 0.15) is 5.60 Å². The fraction of sp³-hybridized carbons (Fsp3) is 0.692. The van der Waals surface area contributed by atoms with Gasteiger partial charge in [-0.15, -0.1) is 0 Å². The van der Waals surface area contributed by atoms with Gasteiger partial charge in [-0.2, -0.15) is 0 Å². The smallest absolute Gasteiger partial charge is 0.223 e. The van der Waals surface area contributed by atoms with Crippen molar-refractivity contribution < 1.29 is 4.74 Å². The lowest BCUT2D eigenvalue weighted by Gasteiger charge is -2.23. The monoisotopic (exact) mass is 233 g/mol. The van der Waals surface area contributed by atoms with Crippen LogP contribution in [0.5, 0.6) is 0 Å². The summed E-state index contributed by atoms with van der Waals surface area (Å²) in [5, 5.41) is 3.33. The van der Waals surface area contributed by atoms with Gasteiger partial charge >= 0.3 is 0 Å². The topological polar surface area (TPSA) is 47.0 Å². The number of hydrogen-bond acceptors (Lipinski definition) is 4. The van der Waals surface area contributed by atoms with Gasteiger partial charge in [0.05, 0.1) is 11.3 Å². The molecular formula is C13H19N3O. The number of aromatic nitrogens is 2. The predicted molar refractivity (Wildman–Crippen MR) is 65.8 cm³/mol. The van der Waals surface area contributed by atoms with E-state index in [1.807, 2.05) is 6.20 Å². The molecule has 2 heterocycles. The van der Waals surface area contributed by atoms with Gasteiger partial charge in [0.2, 0.25) is 5.95 Å². The van der Waals surface area contributed by atoms with E-state index in [0.29, 0.717) is 6.04 Å². The molecule has 4 nitrogen and oxygen atoms in total. The van der Waals surface area contributed by atoms with Crippen LogP contribution in [-0.4, -0.2) is 16.0 Å². The van der Waals surface area contributed by atoms with Crippen LogP contribution < -0.4 is 5.32 Å². The first-order valence-corrected chi connectivity index (χ1v) is 6.23. The second kappa shape index (κ2) is 3.19. The van der Waals surface area contributed by atoms with Crippen LogP contribution in [0, 0.1) is 0 Å². The highest BCUT2D eigenvalue weighted by atomic mass is 16.5. The lowest BCUT2D eigenvalue weighted by atomic mass is 9.97. The van der Waals surface area contributed by atoms with E-state index >= 15 is 0 Å². The molecule has 0 unspecified atom stereocenters. The third-order valence-corrected chi connectivity index (χ3v) is 3.43. The zero-order chi connectivity index (χ0) is 12.3. The van der Waals surface area contributed by atoms with Gasteiger partial charge in [0.25, 0.3) is 0 Å². The summed E-state index contributed by atoms with van der Waals surface area (Å²) < 4.78 is 6.05. The standard InChI is InChI=1S/C13H19N3O/c1-12(2)9-7-14-11(15-8-5-6-8)16-10(9)13(3,4)17-12/h7-8H,5-6H2,1-4H3,(H,14,15,16). The second-order valence-corrected chi connectivity index (χ2v) is 6.00. The van der Waals surface area contributed by atoms with E-state index in [2.05, 4.69) is 43.0 Å². The summed E-state index contributed by atoms with van der Waals surface area (Å²) in [4.78, 5) is 9.02. The van der Waals surface area contributed by atoms with E-state index in [-0.39, 0.29) is 11.2 Å². The van der Waals surface area contributed by atoms with E-state index < -0.39 is 0 Å². The molecule has 3 rings (SSSR count). The van der Waals surface area contributed by atoms with Crippen molar-refractivity contribution in [2.24, 2.45) is 0 Å². The van der Waals surface area contributed by atoms with Crippen LogP contribution in [0.4, 0.5) is 5.95 Å². The Bertz CT molecular complexity index is 464. The van der Waals surface area contributed by atoms with E-state index in [0.717, 1.165) is 17.2 Å². The molecule has 0 atom stereocenters. The number of ether oxygens (including phenoxy) is 1. The Morgan fingerprint density at radius 1 is 1.24 bits per heavy atom. The maximum atomic E-state index is 6.05. The maximum absolute atomic E-state index is 6.05. The SMILES string of the molecule is CC1(C)OC(C)(C)c2nc(NC3CC3)ncc21. The molecule has 17 heavy (non-hydrogen) atoms. The second-order valence-electron chi connectivity index (χ2n) is 6.00. The van der Waals surface area contributed by atoms with Crippen molar-refractivity contribution in [1.82, 2.24) is 9.97 Å². The zero-order valence-corrected chi connectivity index (χ0v) is 10.9. The van der Waals surface area contributed by atoms with E-state index in [4.69, 9.17) is 4.74 Å². The highest BCUT2D eigenvalue weighted by molar-refractivity contribution is 5.39. The van der Waals surface area contributed by atoms with E-state index in [9.17, 15) is 0 Å². The van der Waals surface area contributed by atoms with Crippen molar-refractivity contribution >= 4 is 5.95 Å². The molecule has 1 aliphatic carbocycles. The van der Waals surface area contributed by atoms with Crippen LogP contribution in [0.25, 0.3) is 0 Å². The van der Waals surface area contributed by atoms with Gasteiger partial charge in [-0.25, -0.2) is 9.97 Å². The molecule has 0 amide bonds. The van der Waals surface area contributed by atoms with Crippen molar-refractivity contribution in [3.63, 3.8) is 0 Å². The minimum absolute atomic E-state index is 0.295.